The average Bonchev–Trinajstić information content (AvgIpc) is 2.37. The minimum atomic E-state index is -3.94. The molecular weight excluding hydrogens is 382 g/mol. The smallest absolute Gasteiger partial charge is 0.262 e. The van der Waals surface area contributed by atoms with E-state index in [1.165, 1.54) is 6.07 Å². The van der Waals surface area contributed by atoms with Crippen molar-refractivity contribution in [2.75, 3.05) is 13.7 Å². The molecule has 1 rings (SSSR count). The van der Waals surface area contributed by atoms with E-state index < -0.39 is 20.6 Å². The van der Waals surface area contributed by atoms with Gasteiger partial charge in [-0.25, -0.2) is 8.42 Å². The highest BCUT2D eigenvalue weighted by molar-refractivity contribution is 9.10. The normalized spacial score (nSPS) is 12.3. The molecule has 21 heavy (non-hydrogen) atoms. The fourth-order valence-electron chi connectivity index (χ4n) is 1.51. The van der Waals surface area contributed by atoms with Gasteiger partial charge in [0, 0.05) is 34.4 Å². The molecule has 5 nitrogen and oxygen atoms in total. The molecule has 1 aromatic rings. The molecule has 118 valence electrons. The van der Waals surface area contributed by atoms with Crippen LogP contribution in [-0.2, 0) is 13.8 Å². The number of rotatable bonds is 5. The number of carbonyl (C=O) groups is 1. The van der Waals surface area contributed by atoms with Crippen LogP contribution in [0.2, 0.25) is 0 Å². The number of methoxy groups -OCH3 is 1. The molecule has 0 atom stereocenters. The molecule has 0 aliphatic rings. The standard InChI is InChI=1S/C13H17BrClNO4S/c1-8-5-9(6-10(11(8)14)21(15,18)19)12(17)16-7-13(2,3)20-4/h5-6H,7H2,1-4H3,(H,16,17). The van der Waals surface area contributed by atoms with E-state index in [2.05, 4.69) is 21.2 Å². The number of amides is 1. The minimum Gasteiger partial charge on any atom is -0.377 e. The predicted octanol–water partition coefficient (Wildman–Crippen LogP) is 2.84. The fourth-order valence-corrected chi connectivity index (χ4v) is 3.67. The highest BCUT2D eigenvalue weighted by atomic mass is 79.9. The van der Waals surface area contributed by atoms with Crippen LogP contribution in [0.5, 0.6) is 0 Å². The van der Waals surface area contributed by atoms with Crippen molar-refractivity contribution >= 4 is 41.6 Å². The van der Waals surface area contributed by atoms with Gasteiger partial charge in [0.2, 0.25) is 0 Å². The quantitative estimate of drug-likeness (QED) is 0.774. The molecule has 0 aromatic heterocycles. The molecule has 8 heteroatoms. The van der Waals surface area contributed by atoms with E-state index in [9.17, 15) is 13.2 Å². The Hall–Kier alpha value is -0.630. The zero-order chi connectivity index (χ0) is 16.4. The van der Waals surface area contributed by atoms with Gasteiger partial charge >= 0.3 is 0 Å². The molecule has 1 aromatic carbocycles. The van der Waals surface area contributed by atoms with E-state index in [0.29, 0.717) is 16.6 Å². The van der Waals surface area contributed by atoms with E-state index in [-0.39, 0.29) is 10.5 Å². The summed E-state index contributed by atoms with van der Waals surface area (Å²) in [6, 6.07) is 2.83. The number of ether oxygens (including phenoxy) is 1. The Bertz CT molecular complexity index is 658. The average molecular weight is 399 g/mol. The molecule has 0 heterocycles. The molecule has 1 amide bonds. The first-order chi connectivity index (χ1) is 9.48. The van der Waals surface area contributed by atoms with Gasteiger partial charge in [-0.2, -0.15) is 0 Å². The van der Waals surface area contributed by atoms with Gasteiger partial charge < -0.3 is 10.1 Å². The van der Waals surface area contributed by atoms with Gasteiger partial charge in [-0.15, -0.1) is 0 Å². The van der Waals surface area contributed by atoms with Crippen molar-refractivity contribution in [2.24, 2.45) is 0 Å². The first-order valence-corrected chi connectivity index (χ1v) is 9.16. The molecule has 0 saturated carbocycles. The van der Waals surface area contributed by atoms with Crippen molar-refractivity contribution < 1.29 is 17.9 Å². The highest BCUT2D eigenvalue weighted by Crippen LogP contribution is 2.29. The minimum absolute atomic E-state index is 0.125. The van der Waals surface area contributed by atoms with E-state index in [1.54, 1.807) is 20.1 Å². The van der Waals surface area contributed by atoms with Crippen LogP contribution in [0, 0.1) is 6.92 Å². The topological polar surface area (TPSA) is 72.5 Å². The third-order valence-electron chi connectivity index (χ3n) is 2.97. The van der Waals surface area contributed by atoms with E-state index in [0.717, 1.165) is 0 Å². The Kier molecular flexibility index (Phi) is 5.83. The Balaban J connectivity index is 3.10. The van der Waals surface area contributed by atoms with Crippen LogP contribution in [0.25, 0.3) is 0 Å². The summed E-state index contributed by atoms with van der Waals surface area (Å²) in [7, 11) is 2.99. The molecular formula is C13H17BrClNO4S. The van der Waals surface area contributed by atoms with Gasteiger partial charge in [0.15, 0.2) is 0 Å². The lowest BCUT2D eigenvalue weighted by molar-refractivity contribution is 0.0228. The lowest BCUT2D eigenvalue weighted by Crippen LogP contribution is -2.39. The lowest BCUT2D eigenvalue weighted by Gasteiger charge is -2.23. The molecule has 0 unspecified atom stereocenters. The maximum atomic E-state index is 12.1. The van der Waals surface area contributed by atoms with Gasteiger partial charge in [-0.1, -0.05) is 0 Å². The van der Waals surface area contributed by atoms with Crippen molar-refractivity contribution in [1.82, 2.24) is 5.32 Å². The summed E-state index contributed by atoms with van der Waals surface area (Å²) in [6.07, 6.45) is 0. The second kappa shape index (κ2) is 6.64. The fraction of sp³-hybridized carbons (Fsp3) is 0.462. The first kappa shape index (κ1) is 18.4. The van der Waals surface area contributed by atoms with Gasteiger partial charge in [0.1, 0.15) is 0 Å². The summed E-state index contributed by atoms with van der Waals surface area (Å²) in [5.41, 5.74) is 0.316. The Morgan fingerprint density at radius 1 is 1.43 bits per heavy atom. The Labute approximate surface area is 137 Å². The zero-order valence-electron chi connectivity index (χ0n) is 12.2. The zero-order valence-corrected chi connectivity index (χ0v) is 15.3. The molecule has 0 aliphatic heterocycles. The third-order valence-corrected chi connectivity index (χ3v) is 5.63. The summed E-state index contributed by atoms with van der Waals surface area (Å²) in [6.45, 7) is 5.63. The Morgan fingerprint density at radius 2 is 2.00 bits per heavy atom. The molecule has 0 bridgehead atoms. The molecule has 0 radical (unpaired) electrons. The summed E-state index contributed by atoms with van der Waals surface area (Å²) in [5, 5.41) is 2.70. The van der Waals surface area contributed by atoms with Gasteiger partial charge in [-0.3, -0.25) is 4.79 Å². The van der Waals surface area contributed by atoms with E-state index >= 15 is 0 Å². The number of benzene rings is 1. The van der Waals surface area contributed by atoms with Crippen LogP contribution in [0.4, 0.5) is 0 Å². The van der Waals surface area contributed by atoms with Crippen molar-refractivity contribution in [3.05, 3.63) is 27.7 Å². The molecule has 0 saturated heterocycles. The molecule has 0 aliphatic carbocycles. The number of aryl methyl sites for hydroxylation is 1. The number of carbonyl (C=O) groups excluding carboxylic acids is 1. The number of hydrogen-bond donors (Lipinski definition) is 1. The van der Waals surface area contributed by atoms with E-state index in [4.69, 9.17) is 15.4 Å². The maximum Gasteiger partial charge on any atom is 0.262 e. The van der Waals surface area contributed by atoms with Crippen molar-refractivity contribution in [1.29, 1.82) is 0 Å². The summed E-state index contributed by atoms with van der Waals surface area (Å²) in [4.78, 5) is 12.0. The van der Waals surface area contributed by atoms with Gasteiger partial charge in [-0.05, 0) is 54.4 Å². The van der Waals surface area contributed by atoms with Crippen LogP contribution in [0.1, 0.15) is 29.8 Å². The van der Waals surface area contributed by atoms with E-state index in [1.807, 2.05) is 13.8 Å². The lowest BCUT2D eigenvalue weighted by atomic mass is 10.1. The molecule has 0 fully saturated rings. The predicted molar refractivity (Wildman–Crippen MR) is 85.3 cm³/mol. The summed E-state index contributed by atoms with van der Waals surface area (Å²) in [5.74, 6) is -0.391. The van der Waals surface area contributed by atoms with Crippen LogP contribution in [0.3, 0.4) is 0 Å². The van der Waals surface area contributed by atoms with Crippen LogP contribution < -0.4 is 5.32 Å². The number of halogens is 2. The van der Waals surface area contributed by atoms with Crippen molar-refractivity contribution in [3.63, 3.8) is 0 Å². The Morgan fingerprint density at radius 3 is 2.48 bits per heavy atom. The summed E-state index contributed by atoms with van der Waals surface area (Å²) < 4.78 is 28.6. The van der Waals surface area contributed by atoms with Crippen LogP contribution >= 0.6 is 26.6 Å². The third kappa shape index (κ3) is 4.95. The van der Waals surface area contributed by atoms with Gasteiger partial charge in [0.25, 0.3) is 15.0 Å². The SMILES string of the molecule is COC(C)(C)CNC(=O)c1cc(C)c(Br)c(S(=O)(=O)Cl)c1. The first-order valence-electron chi connectivity index (χ1n) is 6.06. The summed E-state index contributed by atoms with van der Waals surface area (Å²) >= 11 is 3.17. The number of nitrogens with one attached hydrogen (secondary N) is 1. The maximum absolute atomic E-state index is 12.1. The van der Waals surface area contributed by atoms with Crippen molar-refractivity contribution in [2.45, 2.75) is 31.3 Å². The van der Waals surface area contributed by atoms with Crippen LogP contribution in [0.15, 0.2) is 21.5 Å². The van der Waals surface area contributed by atoms with Crippen molar-refractivity contribution in [3.8, 4) is 0 Å². The largest absolute Gasteiger partial charge is 0.377 e. The number of hydrogen-bond acceptors (Lipinski definition) is 4. The van der Waals surface area contributed by atoms with Crippen LogP contribution in [-0.4, -0.2) is 33.6 Å². The molecule has 1 N–H and O–H groups in total. The second-order valence-electron chi connectivity index (χ2n) is 5.19. The monoisotopic (exact) mass is 397 g/mol. The molecule has 0 spiro atoms. The van der Waals surface area contributed by atoms with Gasteiger partial charge in [0.05, 0.1) is 10.5 Å². The second-order valence-corrected chi connectivity index (χ2v) is 8.52. The highest BCUT2D eigenvalue weighted by Gasteiger charge is 2.21.